The van der Waals surface area contributed by atoms with Gasteiger partial charge in [0.2, 0.25) is 0 Å². The molecule has 1 unspecified atom stereocenters. The van der Waals surface area contributed by atoms with Gasteiger partial charge in [0.15, 0.2) is 0 Å². The Morgan fingerprint density at radius 1 is 1.21 bits per heavy atom. The quantitative estimate of drug-likeness (QED) is 0.345. The van der Waals surface area contributed by atoms with E-state index in [9.17, 15) is 14.7 Å². The number of Topliss-reactive ketones (excluding diaryl/α,β-unsaturated/α-hetero) is 1. The predicted molar refractivity (Wildman–Crippen MR) is 126 cm³/mol. The highest BCUT2D eigenvalue weighted by Gasteiger charge is 2.46. The lowest BCUT2D eigenvalue weighted by Crippen LogP contribution is -2.32. The molecule has 0 radical (unpaired) electrons. The number of fused-ring (bicyclic) bond motifs is 2. The molecule has 2 aliphatic heterocycles. The summed E-state index contributed by atoms with van der Waals surface area (Å²) < 4.78 is 5.57. The second-order valence-corrected chi connectivity index (χ2v) is 8.86. The maximum atomic E-state index is 13.2. The van der Waals surface area contributed by atoms with Crippen LogP contribution in [0.2, 0.25) is 0 Å². The van der Waals surface area contributed by atoms with Crippen LogP contribution in [0.15, 0.2) is 54.2 Å². The van der Waals surface area contributed by atoms with Gasteiger partial charge in [-0.15, -0.1) is 0 Å². The fourth-order valence-electron chi connectivity index (χ4n) is 4.80. The van der Waals surface area contributed by atoms with Crippen molar-refractivity contribution in [2.45, 2.75) is 18.9 Å². The molecule has 170 valence electrons. The average molecular weight is 446 g/mol. The summed E-state index contributed by atoms with van der Waals surface area (Å²) in [7, 11) is 3.95. The Kier molecular flexibility index (Phi) is 5.42. The van der Waals surface area contributed by atoms with Crippen LogP contribution in [0.4, 0.5) is 0 Å². The van der Waals surface area contributed by atoms with Gasteiger partial charge in [-0.25, -0.2) is 0 Å². The van der Waals surface area contributed by atoms with E-state index in [1.165, 1.54) is 0 Å². The van der Waals surface area contributed by atoms with Crippen LogP contribution in [-0.2, 0) is 16.0 Å². The Morgan fingerprint density at radius 2 is 2.03 bits per heavy atom. The molecule has 2 aromatic carbocycles. The van der Waals surface area contributed by atoms with Crippen LogP contribution in [-0.4, -0.2) is 65.4 Å². The summed E-state index contributed by atoms with van der Waals surface area (Å²) in [5.74, 6) is -0.572. The molecule has 33 heavy (non-hydrogen) atoms. The van der Waals surface area contributed by atoms with E-state index in [2.05, 4.69) is 4.98 Å². The van der Waals surface area contributed by atoms with E-state index in [-0.39, 0.29) is 11.3 Å². The SMILES string of the molecule is CN(C)CCCN1C(=O)C(=O)/C(=C(/O)c2ccc3c(c2)CCO3)C1c1c[nH]c2ccccc12. The monoisotopic (exact) mass is 445 g/mol. The number of carbonyl (C=O) groups excluding carboxylic acids is 2. The molecule has 2 N–H and O–H groups in total. The average Bonchev–Trinajstić information content (AvgIpc) is 3.50. The van der Waals surface area contributed by atoms with Crippen molar-refractivity contribution in [3.05, 3.63) is 70.9 Å². The number of benzene rings is 2. The smallest absolute Gasteiger partial charge is 0.295 e. The van der Waals surface area contributed by atoms with Gasteiger partial charge in [-0.05, 0) is 56.9 Å². The summed E-state index contributed by atoms with van der Waals surface area (Å²) in [5.41, 5.74) is 3.37. The normalized spacial score (nSPS) is 19.5. The van der Waals surface area contributed by atoms with Gasteiger partial charge in [0, 0.05) is 41.2 Å². The van der Waals surface area contributed by atoms with E-state index >= 15 is 0 Å². The third-order valence-corrected chi connectivity index (χ3v) is 6.42. The van der Waals surface area contributed by atoms with E-state index in [0.717, 1.165) is 47.2 Å². The molecule has 3 heterocycles. The van der Waals surface area contributed by atoms with Crippen molar-refractivity contribution in [1.29, 1.82) is 0 Å². The minimum absolute atomic E-state index is 0.133. The fourth-order valence-corrected chi connectivity index (χ4v) is 4.80. The Morgan fingerprint density at radius 3 is 2.85 bits per heavy atom. The van der Waals surface area contributed by atoms with Crippen molar-refractivity contribution in [2.75, 3.05) is 33.8 Å². The molecule has 0 spiro atoms. The van der Waals surface area contributed by atoms with Gasteiger partial charge in [0.25, 0.3) is 11.7 Å². The Labute approximate surface area is 192 Å². The first-order chi connectivity index (χ1) is 16.0. The summed E-state index contributed by atoms with van der Waals surface area (Å²) in [6.07, 6.45) is 3.31. The number of ketones is 1. The molecular weight excluding hydrogens is 418 g/mol. The molecule has 1 aromatic heterocycles. The highest BCUT2D eigenvalue weighted by molar-refractivity contribution is 6.46. The number of rotatable bonds is 6. The zero-order valence-electron chi connectivity index (χ0n) is 18.8. The number of nitrogens with one attached hydrogen (secondary N) is 1. The molecule has 0 bridgehead atoms. The van der Waals surface area contributed by atoms with E-state index in [0.29, 0.717) is 18.7 Å². The van der Waals surface area contributed by atoms with E-state index in [4.69, 9.17) is 4.74 Å². The number of para-hydroxylation sites is 1. The van der Waals surface area contributed by atoms with Crippen LogP contribution in [0.5, 0.6) is 5.75 Å². The molecule has 1 fully saturated rings. The minimum Gasteiger partial charge on any atom is -0.507 e. The number of ether oxygens (including phenoxy) is 1. The lowest BCUT2D eigenvalue weighted by atomic mass is 9.94. The number of aliphatic hydroxyl groups excluding tert-OH is 1. The van der Waals surface area contributed by atoms with Crippen LogP contribution >= 0.6 is 0 Å². The predicted octanol–water partition coefficient (Wildman–Crippen LogP) is 3.48. The Balaban J connectivity index is 1.63. The number of likely N-dealkylation sites (tertiary alicyclic amines) is 1. The van der Waals surface area contributed by atoms with Gasteiger partial charge in [0.1, 0.15) is 11.5 Å². The summed E-state index contributed by atoms with van der Waals surface area (Å²) in [4.78, 5) is 33.3. The molecule has 0 aliphatic carbocycles. The van der Waals surface area contributed by atoms with E-state index in [1.807, 2.05) is 61.6 Å². The molecular formula is C26H27N3O4. The number of amides is 1. The fraction of sp³-hybridized carbons (Fsp3) is 0.308. The largest absolute Gasteiger partial charge is 0.507 e. The number of hydrogen-bond acceptors (Lipinski definition) is 5. The van der Waals surface area contributed by atoms with Crippen LogP contribution in [0, 0.1) is 0 Å². The van der Waals surface area contributed by atoms with Gasteiger partial charge in [0.05, 0.1) is 18.2 Å². The van der Waals surface area contributed by atoms with Crippen molar-refractivity contribution >= 4 is 28.4 Å². The number of nitrogens with zero attached hydrogens (tertiary/aromatic N) is 2. The molecule has 3 aromatic rings. The molecule has 1 atom stereocenters. The second-order valence-electron chi connectivity index (χ2n) is 8.86. The summed E-state index contributed by atoms with van der Waals surface area (Å²) >= 11 is 0. The molecule has 5 rings (SSSR count). The van der Waals surface area contributed by atoms with Crippen LogP contribution < -0.4 is 4.74 Å². The first-order valence-electron chi connectivity index (χ1n) is 11.2. The third kappa shape index (κ3) is 3.68. The molecule has 7 heteroatoms. The van der Waals surface area contributed by atoms with E-state index in [1.54, 1.807) is 11.0 Å². The first-order valence-corrected chi connectivity index (χ1v) is 11.2. The lowest BCUT2D eigenvalue weighted by Gasteiger charge is -2.25. The Bertz CT molecular complexity index is 1270. The number of hydrogen-bond donors (Lipinski definition) is 2. The van der Waals surface area contributed by atoms with Crippen molar-refractivity contribution in [3.63, 3.8) is 0 Å². The van der Waals surface area contributed by atoms with Crippen LogP contribution in [0.3, 0.4) is 0 Å². The van der Waals surface area contributed by atoms with Crippen molar-refractivity contribution in [2.24, 2.45) is 0 Å². The zero-order valence-corrected chi connectivity index (χ0v) is 18.8. The van der Waals surface area contributed by atoms with Crippen LogP contribution in [0.1, 0.15) is 29.2 Å². The highest BCUT2D eigenvalue weighted by atomic mass is 16.5. The number of aliphatic hydroxyl groups is 1. The van der Waals surface area contributed by atoms with Crippen LogP contribution in [0.25, 0.3) is 16.7 Å². The maximum Gasteiger partial charge on any atom is 0.295 e. The first kappa shape index (κ1) is 21.3. The molecule has 2 aliphatic rings. The van der Waals surface area contributed by atoms with Gasteiger partial charge >= 0.3 is 0 Å². The number of aromatic nitrogens is 1. The molecule has 0 saturated carbocycles. The van der Waals surface area contributed by atoms with E-state index < -0.39 is 17.7 Å². The standard InChI is InChI=1S/C26H27N3O4/c1-28(2)11-5-12-29-23(19-15-27-20-7-4-3-6-18(19)20)22(25(31)26(29)32)24(30)17-8-9-21-16(14-17)10-13-33-21/h3-4,6-9,14-15,23,27,30H,5,10-13H2,1-2H3/b24-22+. The summed E-state index contributed by atoms with van der Waals surface area (Å²) in [5, 5.41) is 12.3. The minimum atomic E-state index is -0.659. The maximum absolute atomic E-state index is 13.2. The van der Waals surface area contributed by atoms with Gasteiger partial charge < -0.3 is 24.6 Å². The topological polar surface area (TPSA) is 85.9 Å². The van der Waals surface area contributed by atoms with Crippen molar-refractivity contribution in [3.8, 4) is 5.75 Å². The Hall–Kier alpha value is -3.58. The van der Waals surface area contributed by atoms with Crippen molar-refractivity contribution in [1.82, 2.24) is 14.8 Å². The molecule has 7 nitrogen and oxygen atoms in total. The van der Waals surface area contributed by atoms with Gasteiger partial charge in [-0.1, -0.05) is 18.2 Å². The highest BCUT2D eigenvalue weighted by Crippen LogP contribution is 2.42. The number of aromatic amines is 1. The number of H-pyrrole nitrogens is 1. The number of carbonyl (C=O) groups is 2. The zero-order chi connectivity index (χ0) is 23.1. The van der Waals surface area contributed by atoms with Gasteiger partial charge in [-0.2, -0.15) is 0 Å². The molecule has 1 saturated heterocycles. The lowest BCUT2D eigenvalue weighted by molar-refractivity contribution is -0.139. The summed E-state index contributed by atoms with van der Waals surface area (Å²) in [6.45, 7) is 1.81. The van der Waals surface area contributed by atoms with Gasteiger partial charge in [-0.3, -0.25) is 9.59 Å². The molecule has 1 amide bonds. The summed E-state index contributed by atoms with van der Waals surface area (Å²) in [6, 6.07) is 12.5. The third-order valence-electron chi connectivity index (χ3n) is 6.42. The second kappa shape index (κ2) is 8.41. The van der Waals surface area contributed by atoms with Crippen molar-refractivity contribution < 1.29 is 19.4 Å².